The van der Waals surface area contributed by atoms with E-state index in [0.29, 0.717) is 0 Å². The first-order chi connectivity index (χ1) is 6.31. The fourth-order valence-electron chi connectivity index (χ4n) is 0.929. The SMILES string of the molecule is C#CC#CC#CC.CC1CCNC1. The summed E-state index contributed by atoms with van der Waals surface area (Å²) in [7, 11) is 0. The van der Waals surface area contributed by atoms with Crippen molar-refractivity contribution in [2.24, 2.45) is 5.92 Å². The Morgan fingerprint density at radius 3 is 2.38 bits per heavy atom. The van der Waals surface area contributed by atoms with Gasteiger partial charge in [-0.2, -0.15) is 0 Å². The maximum absolute atomic E-state index is 4.78. The first-order valence-electron chi connectivity index (χ1n) is 4.39. The van der Waals surface area contributed by atoms with Crippen LogP contribution in [-0.2, 0) is 0 Å². The molecule has 0 spiro atoms. The van der Waals surface area contributed by atoms with E-state index in [1.165, 1.54) is 19.5 Å². The minimum atomic E-state index is 0.935. The molecule has 0 aliphatic carbocycles. The fraction of sp³-hybridized carbons (Fsp3) is 0.500. The molecular weight excluding hydrogens is 158 g/mol. The second kappa shape index (κ2) is 8.73. The molecule has 0 aromatic heterocycles. The zero-order chi connectivity index (χ0) is 9.94. The van der Waals surface area contributed by atoms with Gasteiger partial charge in [0.05, 0.1) is 0 Å². The lowest BCUT2D eigenvalue weighted by molar-refractivity contribution is 0.651. The molecule has 0 aromatic carbocycles. The Balaban J connectivity index is 0.000000223. The van der Waals surface area contributed by atoms with Gasteiger partial charge in [0.25, 0.3) is 0 Å². The Morgan fingerprint density at radius 1 is 1.31 bits per heavy atom. The summed E-state index contributed by atoms with van der Waals surface area (Å²) in [6.07, 6.45) is 6.15. The smallest absolute Gasteiger partial charge is 0.00108 e. The summed E-state index contributed by atoms with van der Waals surface area (Å²) in [6, 6.07) is 0. The molecule has 0 radical (unpaired) electrons. The molecule has 1 aliphatic heterocycles. The summed E-state index contributed by atoms with van der Waals surface area (Å²) in [5.74, 6) is 12.9. The molecule has 1 heteroatoms. The topological polar surface area (TPSA) is 12.0 Å². The molecule has 0 saturated carbocycles. The molecule has 0 aromatic rings. The number of rotatable bonds is 0. The van der Waals surface area contributed by atoms with E-state index in [1.807, 2.05) is 0 Å². The Bertz CT molecular complexity index is 268. The lowest BCUT2D eigenvalue weighted by Gasteiger charge is -1.90. The van der Waals surface area contributed by atoms with Crippen LogP contribution in [0.15, 0.2) is 0 Å². The second-order valence-electron chi connectivity index (χ2n) is 2.87. The van der Waals surface area contributed by atoms with Gasteiger partial charge in [0.1, 0.15) is 0 Å². The third-order valence-corrected chi connectivity index (χ3v) is 1.63. The summed E-state index contributed by atoms with van der Waals surface area (Å²) in [5.41, 5.74) is 0. The van der Waals surface area contributed by atoms with E-state index in [-0.39, 0.29) is 0 Å². The van der Waals surface area contributed by atoms with Crippen LogP contribution in [0, 0.1) is 41.9 Å². The van der Waals surface area contributed by atoms with Crippen molar-refractivity contribution in [3.63, 3.8) is 0 Å². The maximum atomic E-state index is 4.78. The number of nitrogens with one attached hydrogen (secondary N) is 1. The summed E-state index contributed by atoms with van der Waals surface area (Å²) in [5, 5.41) is 3.27. The van der Waals surface area contributed by atoms with Crippen LogP contribution in [0.3, 0.4) is 0 Å². The lowest BCUT2D eigenvalue weighted by Crippen LogP contribution is -2.06. The Kier molecular flexibility index (Phi) is 7.82. The average molecular weight is 173 g/mol. The van der Waals surface area contributed by atoms with Crippen LogP contribution in [0.5, 0.6) is 0 Å². The molecule has 0 amide bonds. The van der Waals surface area contributed by atoms with E-state index in [2.05, 4.69) is 41.8 Å². The predicted molar refractivity (Wildman–Crippen MR) is 56.7 cm³/mol. The molecule has 1 rings (SSSR count). The van der Waals surface area contributed by atoms with Crippen molar-refractivity contribution in [3.05, 3.63) is 0 Å². The van der Waals surface area contributed by atoms with E-state index in [9.17, 15) is 0 Å². The number of hydrogen-bond acceptors (Lipinski definition) is 1. The van der Waals surface area contributed by atoms with Crippen LogP contribution in [0.2, 0.25) is 0 Å². The van der Waals surface area contributed by atoms with Crippen molar-refractivity contribution in [1.82, 2.24) is 5.32 Å². The van der Waals surface area contributed by atoms with Gasteiger partial charge in [-0.3, -0.25) is 0 Å². The minimum absolute atomic E-state index is 0.935. The van der Waals surface area contributed by atoms with Crippen molar-refractivity contribution in [3.8, 4) is 36.0 Å². The highest BCUT2D eigenvalue weighted by atomic mass is 14.9. The van der Waals surface area contributed by atoms with Gasteiger partial charge in [-0.25, -0.2) is 0 Å². The molecule has 1 unspecified atom stereocenters. The Labute approximate surface area is 81.3 Å². The van der Waals surface area contributed by atoms with E-state index in [1.54, 1.807) is 6.92 Å². The van der Waals surface area contributed by atoms with Gasteiger partial charge in [-0.1, -0.05) is 12.8 Å². The van der Waals surface area contributed by atoms with Crippen LogP contribution in [0.4, 0.5) is 0 Å². The van der Waals surface area contributed by atoms with Gasteiger partial charge >= 0.3 is 0 Å². The van der Waals surface area contributed by atoms with Crippen molar-refractivity contribution in [1.29, 1.82) is 0 Å². The molecule has 1 fully saturated rings. The highest BCUT2D eigenvalue weighted by Crippen LogP contribution is 2.03. The molecule has 1 N–H and O–H groups in total. The summed E-state index contributed by atoms with van der Waals surface area (Å²) in [4.78, 5) is 0. The van der Waals surface area contributed by atoms with Crippen LogP contribution in [-0.4, -0.2) is 13.1 Å². The quantitative estimate of drug-likeness (QED) is 0.544. The summed E-state index contributed by atoms with van der Waals surface area (Å²) in [6.45, 7) is 6.46. The largest absolute Gasteiger partial charge is 0.316 e. The van der Waals surface area contributed by atoms with E-state index >= 15 is 0 Å². The third-order valence-electron chi connectivity index (χ3n) is 1.63. The van der Waals surface area contributed by atoms with Gasteiger partial charge in [-0.05, 0) is 56.0 Å². The number of terminal acetylenes is 1. The predicted octanol–water partition coefficient (Wildman–Crippen LogP) is 1.26. The van der Waals surface area contributed by atoms with Crippen molar-refractivity contribution in [2.75, 3.05) is 13.1 Å². The van der Waals surface area contributed by atoms with Gasteiger partial charge < -0.3 is 5.32 Å². The molecule has 1 nitrogen and oxygen atoms in total. The van der Waals surface area contributed by atoms with Crippen molar-refractivity contribution in [2.45, 2.75) is 20.3 Å². The molecular formula is C12H15N. The van der Waals surface area contributed by atoms with Crippen LogP contribution in [0.1, 0.15) is 20.3 Å². The average Bonchev–Trinajstić information content (AvgIpc) is 2.58. The van der Waals surface area contributed by atoms with Crippen molar-refractivity contribution >= 4 is 0 Å². The zero-order valence-electron chi connectivity index (χ0n) is 8.28. The molecule has 1 heterocycles. The minimum Gasteiger partial charge on any atom is -0.316 e. The van der Waals surface area contributed by atoms with Crippen molar-refractivity contribution < 1.29 is 0 Å². The molecule has 68 valence electrons. The number of hydrogen-bond donors (Lipinski definition) is 1. The molecule has 13 heavy (non-hydrogen) atoms. The second-order valence-corrected chi connectivity index (χ2v) is 2.87. The maximum Gasteiger partial charge on any atom is -0.00108 e. The Hall–Kier alpha value is -1.36. The molecule has 0 bridgehead atoms. The molecule has 1 saturated heterocycles. The third kappa shape index (κ3) is 8.55. The van der Waals surface area contributed by atoms with E-state index in [0.717, 1.165) is 5.92 Å². The fourth-order valence-corrected chi connectivity index (χ4v) is 0.929. The normalized spacial score (nSPS) is 17.8. The lowest BCUT2D eigenvalue weighted by atomic mass is 10.2. The summed E-state index contributed by atoms with van der Waals surface area (Å²) >= 11 is 0. The summed E-state index contributed by atoms with van der Waals surface area (Å²) < 4.78 is 0. The van der Waals surface area contributed by atoms with Gasteiger partial charge in [0.2, 0.25) is 0 Å². The van der Waals surface area contributed by atoms with E-state index in [4.69, 9.17) is 6.42 Å². The standard InChI is InChI=1S/C7H4.C5H11N/c1-3-5-7-6-4-2;1-5-2-3-6-4-5/h1H,2H3;5-6H,2-4H2,1H3. The van der Waals surface area contributed by atoms with E-state index < -0.39 is 0 Å². The van der Waals surface area contributed by atoms with Gasteiger partial charge in [-0.15, -0.1) is 6.42 Å². The first-order valence-corrected chi connectivity index (χ1v) is 4.39. The Morgan fingerprint density at radius 2 is 2.08 bits per heavy atom. The molecule has 1 aliphatic rings. The van der Waals surface area contributed by atoms with Gasteiger partial charge in [0, 0.05) is 0 Å². The van der Waals surface area contributed by atoms with Crippen LogP contribution in [0.25, 0.3) is 0 Å². The highest BCUT2D eigenvalue weighted by Gasteiger charge is 2.06. The first kappa shape index (κ1) is 11.6. The monoisotopic (exact) mass is 173 g/mol. The molecule has 1 atom stereocenters. The van der Waals surface area contributed by atoms with Gasteiger partial charge in [0.15, 0.2) is 0 Å². The van der Waals surface area contributed by atoms with Crippen LogP contribution < -0.4 is 5.32 Å². The highest BCUT2D eigenvalue weighted by molar-refractivity contribution is 5.33. The zero-order valence-corrected chi connectivity index (χ0v) is 8.28. The van der Waals surface area contributed by atoms with Crippen LogP contribution >= 0.6 is 0 Å².